The number of carbonyl (C=O) groups excluding carboxylic acids is 3. The maximum absolute atomic E-state index is 12.9. The van der Waals surface area contributed by atoms with E-state index >= 15 is 0 Å². The third kappa shape index (κ3) is 6.49. The van der Waals surface area contributed by atoms with Gasteiger partial charge in [0.2, 0.25) is 0 Å². The molecule has 3 atom stereocenters. The van der Waals surface area contributed by atoms with Crippen molar-refractivity contribution >= 4 is 17.7 Å². The first-order chi connectivity index (χ1) is 14.9. The molecule has 2 aromatic carbocycles. The van der Waals surface area contributed by atoms with Gasteiger partial charge in [-0.2, -0.15) is 0 Å². The fourth-order valence-electron chi connectivity index (χ4n) is 3.85. The summed E-state index contributed by atoms with van der Waals surface area (Å²) in [5, 5.41) is 10.7. The fraction of sp³-hybridized carbons (Fsp3) is 0.400. The number of carbonyl (C=O) groups is 3. The van der Waals surface area contributed by atoms with Gasteiger partial charge < -0.3 is 14.6 Å². The topological polar surface area (TPSA) is 89.9 Å². The predicted molar refractivity (Wildman–Crippen MR) is 116 cm³/mol. The molecule has 166 valence electrons. The molecule has 2 aromatic rings. The predicted octanol–water partition coefficient (Wildman–Crippen LogP) is 3.52. The fourth-order valence-corrected chi connectivity index (χ4v) is 3.85. The molecule has 2 rings (SSSR count). The highest BCUT2D eigenvalue weighted by molar-refractivity contribution is 5.81. The van der Waals surface area contributed by atoms with Crippen molar-refractivity contribution in [3.63, 3.8) is 0 Å². The smallest absolute Gasteiger partial charge is 0.311 e. The summed E-state index contributed by atoms with van der Waals surface area (Å²) in [4.78, 5) is 37.3. The molecule has 0 saturated carbocycles. The Morgan fingerprint density at radius 1 is 0.806 bits per heavy atom. The number of aliphatic hydroxyl groups excluding tert-OH is 1. The zero-order valence-corrected chi connectivity index (χ0v) is 18.2. The lowest BCUT2D eigenvalue weighted by Gasteiger charge is -2.30. The average molecular weight is 427 g/mol. The van der Waals surface area contributed by atoms with Crippen LogP contribution in [0.25, 0.3) is 0 Å². The van der Waals surface area contributed by atoms with Crippen molar-refractivity contribution in [2.24, 2.45) is 11.8 Å². The van der Waals surface area contributed by atoms with Crippen molar-refractivity contribution in [1.82, 2.24) is 0 Å². The Bertz CT molecular complexity index is 809. The Hall–Kier alpha value is -2.99. The van der Waals surface area contributed by atoms with Crippen molar-refractivity contribution < 1.29 is 29.0 Å². The maximum atomic E-state index is 12.9. The third-order valence-corrected chi connectivity index (χ3v) is 5.53. The molecule has 1 N–H and O–H groups in total. The molecule has 0 radical (unpaired) electrons. The minimum absolute atomic E-state index is 0.0219. The first kappa shape index (κ1) is 24.3. The lowest BCUT2D eigenvalue weighted by atomic mass is 9.75. The van der Waals surface area contributed by atoms with Gasteiger partial charge in [0.15, 0.2) is 0 Å². The molecule has 31 heavy (non-hydrogen) atoms. The molecule has 0 aliphatic rings. The molecule has 0 aliphatic heterocycles. The first-order valence-corrected chi connectivity index (χ1v) is 10.4. The summed E-state index contributed by atoms with van der Waals surface area (Å²) >= 11 is 0. The zero-order valence-electron chi connectivity index (χ0n) is 18.2. The molecule has 0 bridgehead atoms. The van der Waals surface area contributed by atoms with Gasteiger partial charge in [-0.25, -0.2) is 0 Å². The minimum Gasteiger partial charge on any atom is -0.469 e. The van der Waals surface area contributed by atoms with E-state index in [1.54, 1.807) is 6.92 Å². The van der Waals surface area contributed by atoms with Crippen LogP contribution in [0.4, 0.5) is 0 Å². The van der Waals surface area contributed by atoms with E-state index in [2.05, 4.69) is 0 Å². The summed E-state index contributed by atoms with van der Waals surface area (Å²) in [7, 11) is 2.52. The number of Topliss-reactive ketones (excluding diaryl/α,β-unsaturated/α-hetero) is 1. The second-order valence-corrected chi connectivity index (χ2v) is 7.46. The van der Waals surface area contributed by atoms with E-state index in [0.717, 1.165) is 11.1 Å². The largest absolute Gasteiger partial charge is 0.469 e. The number of ketones is 1. The molecule has 0 fully saturated rings. The van der Waals surface area contributed by atoms with Crippen LogP contribution in [-0.2, 0) is 23.9 Å². The van der Waals surface area contributed by atoms with Crippen molar-refractivity contribution in [2.75, 3.05) is 14.2 Å². The highest BCUT2D eigenvalue weighted by atomic mass is 16.5. The summed E-state index contributed by atoms with van der Waals surface area (Å²) in [5.41, 5.74) is 1.76. The maximum Gasteiger partial charge on any atom is 0.311 e. The number of methoxy groups -OCH3 is 2. The molecule has 0 saturated heterocycles. The standard InChI is InChI=1S/C25H30O6/c1-4-19(26)15-22(27)20(24(28)30-2)16-21(25(29)31-3)23(17-11-7-5-8-12-17)18-13-9-6-10-14-18/h5-14,20-23,27H,4,15-16H2,1-3H3. The number of rotatable bonds is 11. The van der Waals surface area contributed by atoms with Crippen LogP contribution < -0.4 is 0 Å². The molecule has 6 nitrogen and oxygen atoms in total. The first-order valence-electron chi connectivity index (χ1n) is 10.4. The van der Waals surface area contributed by atoms with Crippen LogP contribution in [0.1, 0.15) is 43.2 Å². The Balaban J connectivity index is 2.50. The van der Waals surface area contributed by atoms with Crippen LogP contribution in [0.15, 0.2) is 60.7 Å². The number of hydrogen-bond acceptors (Lipinski definition) is 6. The molecule has 6 heteroatoms. The van der Waals surface area contributed by atoms with Gasteiger partial charge in [0.05, 0.1) is 32.2 Å². The molecular formula is C25H30O6. The van der Waals surface area contributed by atoms with Crippen molar-refractivity contribution in [2.45, 2.75) is 38.2 Å². The van der Waals surface area contributed by atoms with E-state index in [1.807, 2.05) is 60.7 Å². The van der Waals surface area contributed by atoms with Crippen molar-refractivity contribution in [3.8, 4) is 0 Å². The van der Waals surface area contributed by atoms with E-state index in [-0.39, 0.29) is 25.0 Å². The zero-order chi connectivity index (χ0) is 22.8. The number of hydrogen-bond donors (Lipinski definition) is 1. The quantitative estimate of drug-likeness (QED) is 0.553. The van der Waals surface area contributed by atoms with Gasteiger partial charge >= 0.3 is 11.9 Å². The van der Waals surface area contributed by atoms with Crippen LogP contribution >= 0.6 is 0 Å². The molecule has 0 amide bonds. The highest BCUT2D eigenvalue weighted by Gasteiger charge is 2.39. The lowest BCUT2D eigenvalue weighted by molar-refractivity contribution is -0.153. The van der Waals surface area contributed by atoms with Gasteiger partial charge in [0.25, 0.3) is 0 Å². The average Bonchev–Trinajstić information content (AvgIpc) is 2.81. The number of benzene rings is 2. The Labute approximate surface area is 183 Å². The number of esters is 2. The Morgan fingerprint density at radius 3 is 1.68 bits per heavy atom. The van der Waals surface area contributed by atoms with Crippen molar-refractivity contribution in [3.05, 3.63) is 71.8 Å². The number of ether oxygens (including phenoxy) is 2. The minimum atomic E-state index is -1.25. The lowest BCUT2D eigenvalue weighted by Crippen LogP contribution is -2.36. The summed E-state index contributed by atoms with van der Waals surface area (Å²) in [6.45, 7) is 1.69. The molecule has 0 heterocycles. The van der Waals surface area contributed by atoms with Crippen LogP contribution in [0, 0.1) is 11.8 Å². The van der Waals surface area contributed by atoms with Gasteiger partial charge in [0, 0.05) is 18.8 Å². The van der Waals surface area contributed by atoms with Crippen LogP contribution in [0.5, 0.6) is 0 Å². The van der Waals surface area contributed by atoms with Gasteiger partial charge in [0.1, 0.15) is 5.78 Å². The molecular weight excluding hydrogens is 396 g/mol. The molecule has 3 unspecified atom stereocenters. The van der Waals surface area contributed by atoms with Crippen molar-refractivity contribution in [1.29, 1.82) is 0 Å². The summed E-state index contributed by atoms with van der Waals surface area (Å²) in [6.07, 6.45) is -1.20. The summed E-state index contributed by atoms with van der Waals surface area (Å²) in [5.74, 6) is -3.55. The van der Waals surface area contributed by atoms with E-state index in [9.17, 15) is 19.5 Å². The second kappa shape index (κ2) is 12.0. The van der Waals surface area contributed by atoms with Gasteiger partial charge in [-0.15, -0.1) is 0 Å². The van der Waals surface area contributed by atoms with E-state index < -0.39 is 35.8 Å². The van der Waals surface area contributed by atoms with Gasteiger partial charge in [-0.05, 0) is 17.5 Å². The Morgan fingerprint density at radius 2 is 1.26 bits per heavy atom. The highest BCUT2D eigenvalue weighted by Crippen LogP contribution is 2.37. The summed E-state index contributed by atoms with van der Waals surface area (Å²) < 4.78 is 9.98. The molecule has 0 aliphatic carbocycles. The Kier molecular flexibility index (Phi) is 9.40. The normalized spacial score (nSPS) is 13.8. The van der Waals surface area contributed by atoms with Gasteiger partial charge in [-0.3, -0.25) is 14.4 Å². The van der Waals surface area contributed by atoms with Crippen LogP contribution in [-0.4, -0.2) is 43.2 Å². The van der Waals surface area contributed by atoms with E-state index in [1.165, 1.54) is 14.2 Å². The monoisotopic (exact) mass is 426 g/mol. The van der Waals surface area contributed by atoms with Gasteiger partial charge in [-0.1, -0.05) is 67.6 Å². The second-order valence-electron chi connectivity index (χ2n) is 7.46. The van der Waals surface area contributed by atoms with E-state index in [4.69, 9.17) is 9.47 Å². The van der Waals surface area contributed by atoms with Crippen LogP contribution in [0.3, 0.4) is 0 Å². The van der Waals surface area contributed by atoms with Crippen LogP contribution in [0.2, 0.25) is 0 Å². The molecule has 0 spiro atoms. The van der Waals surface area contributed by atoms with E-state index in [0.29, 0.717) is 0 Å². The number of aliphatic hydroxyl groups is 1. The summed E-state index contributed by atoms with van der Waals surface area (Å²) in [6, 6.07) is 19.0. The SMILES string of the molecule is CCC(=O)CC(O)C(CC(C(=O)OC)C(c1ccccc1)c1ccccc1)C(=O)OC. The molecule has 0 aromatic heterocycles. The third-order valence-electron chi connectivity index (χ3n) is 5.53.